The largest absolute Gasteiger partial charge is 0.346 e. The Labute approximate surface area is 112 Å². The Morgan fingerprint density at radius 3 is 2.61 bits per heavy atom. The third-order valence-electron chi connectivity index (χ3n) is 3.22. The first kappa shape index (κ1) is 13.4. The van der Waals surface area contributed by atoms with Gasteiger partial charge in [-0.1, -0.05) is 38.5 Å². The lowest BCUT2D eigenvalue weighted by atomic mass is 10.1. The zero-order chi connectivity index (χ0) is 13.3. The second-order valence-corrected chi connectivity index (χ2v) is 7.15. The minimum Gasteiger partial charge on any atom is -0.346 e. The van der Waals surface area contributed by atoms with Crippen molar-refractivity contribution in [1.82, 2.24) is 4.57 Å². The molecule has 3 nitrogen and oxygen atoms in total. The Morgan fingerprint density at radius 1 is 1.33 bits per heavy atom. The van der Waals surface area contributed by atoms with E-state index in [1.165, 1.54) is 0 Å². The SMILES string of the molecule is CCC(C)Cn1cc(S(=O)(=O)Cl)c2ccccc21. The Hall–Kier alpha value is -1.00. The third kappa shape index (κ3) is 2.54. The lowest BCUT2D eigenvalue weighted by molar-refractivity contribution is 0.476. The summed E-state index contributed by atoms with van der Waals surface area (Å²) >= 11 is 0. The van der Waals surface area contributed by atoms with Crippen LogP contribution in [0.1, 0.15) is 20.3 Å². The van der Waals surface area contributed by atoms with E-state index < -0.39 is 9.05 Å². The summed E-state index contributed by atoms with van der Waals surface area (Å²) in [6, 6.07) is 7.43. The molecule has 0 spiro atoms. The molecule has 0 bridgehead atoms. The van der Waals surface area contributed by atoms with Crippen molar-refractivity contribution in [2.24, 2.45) is 5.92 Å². The lowest BCUT2D eigenvalue weighted by Crippen LogP contribution is -2.05. The fraction of sp³-hybridized carbons (Fsp3) is 0.385. The van der Waals surface area contributed by atoms with Gasteiger partial charge in [0.2, 0.25) is 0 Å². The molecule has 0 N–H and O–H groups in total. The molecule has 1 aromatic carbocycles. The van der Waals surface area contributed by atoms with Gasteiger partial charge in [0.05, 0.1) is 0 Å². The maximum absolute atomic E-state index is 11.6. The van der Waals surface area contributed by atoms with Gasteiger partial charge in [-0.2, -0.15) is 0 Å². The van der Waals surface area contributed by atoms with Crippen molar-refractivity contribution in [2.75, 3.05) is 0 Å². The molecule has 2 rings (SSSR count). The lowest BCUT2D eigenvalue weighted by Gasteiger charge is -2.10. The van der Waals surface area contributed by atoms with Crippen molar-refractivity contribution in [3.63, 3.8) is 0 Å². The van der Waals surface area contributed by atoms with Gasteiger partial charge in [-0.25, -0.2) is 8.42 Å². The first-order valence-electron chi connectivity index (χ1n) is 5.96. The predicted molar refractivity (Wildman–Crippen MR) is 74.4 cm³/mol. The minimum absolute atomic E-state index is 0.197. The number of hydrogen-bond donors (Lipinski definition) is 0. The molecule has 98 valence electrons. The number of fused-ring (bicyclic) bond motifs is 1. The van der Waals surface area contributed by atoms with E-state index >= 15 is 0 Å². The molecule has 0 aliphatic rings. The number of rotatable bonds is 4. The van der Waals surface area contributed by atoms with Crippen LogP contribution in [0.3, 0.4) is 0 Å². The summed E-state index contributed by atoms with van der Waals surface area (Å²) in [6.45, 7) is 5.06. The topological polar surface area (TPSA) is 39.1 Å². The number of hydrogen-bond acceptors (Lipinski definition) is 2. The molecule has 1 unspecified atom stereocenters. The van der Waals surface area contributed by atoms with Crippen LogP contribution in [0.5, 0.6) is 0 Å². The normalized spacial score (nSPS) is 13.9. The summed E-state index contributed by atoms with van der Waals surface area (Å²) < 4.78 is 25.1. The average Bonchev–Trinajstić information content (AvgIpc) is 2.68. The second-order valence-electron chi connectivity index (χ2n) is 4.61. The van der Waals surface area contributed by atoms with Crippen LogP contribution in [0.4, 0.5) is 0 Å². The van der Waals surface area contributed by atoms with E-state index in [1.807, 2.05) is 22.8 Å². The van der Waals surface area contributed by atoms with Crippen LogP contribution in [-0.4, -0.2) is 13.0 Å². The van der Waals surface area contributed by atoms with Gasteiger partial charge >= 0.3 is 0 Å². The van der Waals surface area contributed by atoms with Crippen molar-refractivity contribution >= 4 is 30.6 Å². The molecular formula is C13H16ClNO2S. The maximum Gasteiger partial charge on any atom is 0.263 e. The van der Waals surface area contributed by atoms with Crippen LogP contribution >= 0.6 is 10.7 Å². The van der Waals surface area contributed by atoms with E-state index in [-0.39, 0.29) is 4.90 Å². The highest BCUT2D eigenvalue weighted by Crippen LogP contribution is 2.28. The van der Waals surface area contributed by atoms with Gasteiger partial charge in [-0.05, 0) is 12.0 Å². The van der Waals surface area contributed by atoms with Crippen molar-refractivity contribution in [3.05, 3.63) is 30.5 Å². The molecular weight excluding hydrogens is 270 g/mol. The van der Waals surface area contributed by atoms with E-state index in [0.29, 0.717) is 11.3 Å². The van der Waals surface area contributed by atoms with Crippen LogP contribution in [0, 0.1) is 5.92 Å². The Balaban J connectivity index is 2.62. The smallest absolute Gasteiger partial charge is 0.263 e. The first-order valence-corrected chi connectivity index (χ1v) is 8.27. The van der Waals surface area contributed by atoms with Crippen LogP contribution in [0.25, 0.3) is 10.9 Å². The summed E-state index contributed by atoms with van der Waals surface area (Å²) in [7, 11) is 1.78. The summed E-state index contributed by atoms with van der Waals surface area (Å²) in [5.74, 6) is 0.492. The van der Waals surface area contributed by atoms with Crippen LogP contribution in [-0.2, 0) is 15.6 Å². The Bertz CT molecular complexity index is 661. The van der Waals surface area contributed by atoms with Gasteiger partial charge in [0.1, 0.15) is 4.90 Å². The molecule has 0 amide bonds. The quantitative estimate of drug-likeness (QED) is 0.805. The monoisotopic (exact) mass is 285 g/mol. The zero-order valence-corrected chi connectivity index (χ0v) is 12.0. The highest BCUT2D eigenvalue weighted by Gasteiger charge is 2.18. The second kappa shape index (κ2) is 4.94. The van der Waals surface area contributed by atoms with Gasteiger partial charge in [0, 0.05) is 34.3 Å². The molecule has 0 saturated carbocycles. The van der Waals surface area contributed by atoms with Gasteiger partial charge < -0.3 is 4.57 Å². The highest BCUT2D eigenvalue weighted by atomic mass is 35.7. The molecule has 1 atom stereocenters. The molecule has 0 saturated heterocycles. The van der Waals surface area contributed by atoms with Crippen LogP contribution < -0.4 is 0 Å². The molecule has 18 heavy (non-hydrogen) atoms. The molecule has 2 aromatic rings. The van der Waals surface area contributed by atoms with Gasteiger partial charge in [0.15, 0.2) is 0 Å². The molecule has 0 aliphatic heterocycles. The number of benzene rings is 1. The summed E-state index contributed by atoms with van der Waals surface area (Å²) in [5.41, 5.74) is 0.914. The van der Waals surface area contributed by atoms with Crippen LogP contribution in [0.15, 0.2) is 35.4 Å². The number of halogens is 1. The summed E-state index contributed by atoms with van der Waals surface area (Å²) in [4.78, 5) is 0.197. The maximum atomic E-state index is 11.6. The zero-order valence-electron chi connectivity index (χ0n) is 10.4. The standard InChI is InChI=1S/C13H16ClNO2S/c1-3-10(2)8-15-9-13(18(14,16)17)11-6-4-5-7-12(11)15/h4-7,9-10H,3,8H2,1-2H3. The minimum atomic E-state index is -3.70. The van der Waals surface area contributed by atoms with E-state index in [0.717, 1.165) is 18.5 Å². The number of aromatic nitrogens is 1. The fourth-order valence-electron chi connectivity index (χ4n) is 2.02. The molecule has 0 aliphatic carbocycles. The van der Waals surface area contributed by atoms with Crippen molar-refractivity contribution in [2.45, 2.75) is 31.7 Å². The van der Waals surface area contributed by atoms with Gasteiger partial charge in [-0.15, -0.1) is 0 Å². The fourth-order valence-corrected chi connectivity index (χ4v) is 3.08. The summed E-state index contributed by atoms with van der Waals surface area (Å²) in [6.07, 6.45) is 2.69. The van der Waals surface area contributed by atoms with E-state index in [1.54, 1.807) is 12.3 Å². The first-order chi connectivity index (χ1) is 8.43. The Morgan fingerprint density at radius 2 is 2.00 bits per heavy atom. The molecule has 5 heteroatoms. The van der Waals surface area contributed by atoms with Crippen molar-refractivity contribution < 1.29 is 8.42 Å². The predicted octanol–water partition coefficient (Wildman–Crippen LogP) is 3.61. The molecule has 1 aromatic heterocycles. The number of nitrogens with zero attached hydrogens (tertiary/aromatic N) is 1. The van der Waals surface area contributed by atoms with Crippen molar-refractivity contribution in [1.29, 1.82) is 0 Å². The molecule has 0 fully saturated rings. The molecule has 0 radical (unpaired) electrons. The highest BCUT2D eigenvalue weighted by molar-refractivity contribution is 8.14. The van der Waals surface area contributed by atoms with E-state index in [9.17, 15) is 8.42 Å². The van der Waals surface area contributed by atoms with Crippen molar-refractivity contribution in [3.8, 4) is 0 Å². The van der Waals surface area contributed by atoms with E-state index in [4.69, 9.17) is 10.7 Å². The molecule has 1 heterocycles. The average molecular weight is 286 g/mol. The van der Waals surface area contributed by atoms with Crippen LogP contribution in [0.2, 0.25) is 0 Å². The van der Waals surface area contributed by atoms with E-state index in [2.05, 4.69) is 13.8 Å². The Kier molecular flexibility index (Phi) is 3.69. The van der Waals surface area contributed by atoms with Gasteiger partial charge in [0.25, 0.3) is 9.05 Å². The number of para-hydroxylation sites is 1. The summed E-state index contributed by atoms with van der Waals surface area (Å²) in [5, 5.41) is 0.691. The third-order valence-corrected chi connectivity index (χ3v) is 4.57. The van der Waals surface area contributed by atoms with Gasteiger partial charge in [-0.3, -0.25) is 0 Å².